The average Bonchev–Trinajstić information content (AvgIpc) is 2.85. The molecule has 19 heavy (non-hydrogen) atoms. The number of thioether (sulfide) groups is 1. The summed E-state index contributed by atoms with van der Waals surface area (Å²) in [4.78, 5) is 13.7. The second kappa shape index (κ2) is 5.55. The number of carbonyl (C=O) groups excluding carboxylic acids is 1. The number of benzene rings is 1. The molecule has 1 aliphatic heterocycles. The van der Waals surface area contributed by atoms with Crippen LogP contribution in [0.1, 0.15) is 37.2 Å². The van der Waals surface area contributed by atoms with Crippen molar-refractivity contribution in [2.24, 2.45) is 5.73 Å². The monoisotopic (exact) mass is 276 g/mol. The predicted molar refractivity (Wildman–Crippen MR) is 78.3 cm³/mol. The van der Waals surface area contributed by atoms with Crippen LogP contribution in [0.15, 0.2) is 29.2 Å². The second-order valence-corrected chi connectivity index (χ2v) is 6.53. The minimum atomic E-state index is -0.00433. The van der Waals surface area contributed by atoms with Gasteiger partial charge in [0.05, 0.1) is 5.92 Å². The largest absolute Gasteiger partial charge is 0.351 e. The maximum atomic E-state index is 12.4. The molecule has 4 heteroatoms. The van der Waals surface area contributed by atoms with E-state index in [1.54, 1.807) is 11.8 Å². The van der Waals surface area contributed by atoms with Crippen LogP contribution in [0.25, 0.3) is 0 Å². The maximum absolute atomic E-state index is 12.4. The van der Waals surface area contributed by atoms with E-state index in [2.05, 4.69) is 17.4 Å². The first-order valence-corrected chi connectivity index (χ1v) is 8.02. The van der Waals surface area contributed by atoms with Gasteiger partial charge in [0.2, 0.25) is 5.91 Å². The lowest BCUT2D eigenvalue weighted by Gasteiger charge is -2.30. The van der Waals surface area contributed by atoms with Gasteiger partial charge in [-0.2, -0.15) is 0 Å². The molecule has 1 fully saturated rings. The number of carbonyl (C=O) groups is 1. The molecule has 0 spiro atoms. The number of nitrogens with two attached hydrogens (primary N) is 1. The topological polar surface area (TPSA) is 55.1 Å². The molecule has 1 heterocycles. The van der Waals surface area contributed by atoms with Gasteiger partial charge in [-0.05, 0) is 24.5 Å². The Hall–Kier alpha value is -1.00. The maximum Gasteiger partial charge on any atom is 0.228 e. The Morgan fingerprint density at radius 2 is 2.05 bits per heavy atom. The highest BCUT2D eigenvalue weighted by Gasteiger charge is 2.31. The quantitative estimate of drug-likeness (QED) is 0.871. The summed E-state index contributed by atoms with van der Waals surface area (Å²) in [7, 11) is 0. The van der Waals surface area contributed by atoms with E-state index in [-0.39, 0.29) is 23.9 Å². The minimum Gasteiger partial charge on any atom is -0.351 e. The highest BCUT2D eigenvalue weighted by Crippen LogP contribution is 2.39. The zero-order chi connectivity index (χ0) is 13.2. The Balaban J connectivity index is 1.68. The Morgan fingerprint density at radius 1 is 1.26 bits per heavy atom. The molecule has 3 unspecified atom stereocenters. The molecule has 1 aromatic rings. The van der Waals surface area contributed by atoms with Crippen molar-refractivity contribution in [1.82, 2.24) is 5.32 Å². The van der Waals surface area contributed by atoms with Crippen molar-refractivity contribution in [3.63, 3.8) is 0 Å². The molecule has 1 amide bonds. The Bertz CT molecular complexity index is 477. The standard InChI is InChI=1S/C15H20N2OS/c16-12-6-2-3-7-13(12)17-15(18)11-9-19-14-8-4-1-5-10(11)14/h1,4-5,8,11-13H,2-3,6-7,9,16H2,(H,17,18). The van der Waals surface area contributed by atoms with E-state index in [1.807, 2.05) is 12.1 Å². The van der Waals surface area contributed by atoms with Gasteiger partial charge >= 0.3 is 0 Å². The summed E-state index contributed by atoms with van der Waals surface area (Å²) in [5.74, 6) is 1.00. The minimum absolute atomic E-state index is 0.00433. The first-order chi connectivity index (χ1) is 9.25. The summed E-state index contributed by atoms with van der Waals surface area (Å²) >= 11 is 1.78. The van der Waals surface area contributed by atoms with Crippen molar-refractivity contribution < 1.29 is 4.79 Å². The van der Waals surface area contributed by atoms with Gasteiger partial charge in [0, 0.05) is 22.7 Å². The van der Waals surface area contributed by atoms with Crippen LogP contribution in [0.3, 0.4) is 0 Å². The van der Waals surface area contributed by atoms with Crippen molar-refractivity contribution >= 4 is 17.7 Å². The van der Waals surface area contributed by atoms with Crippen LogP contribution in [0.2, 0.25) is 0 Å². The van der Waals surface area contributed by atoms with Crippen LogP contribution in [-0.2, 0) is 4.79 Å². The fourth-order valence-corrected chi connectivity index (χ4v) is 4.23. The molecule has 0 aromatic heterocycles. The number of hydrogen-bond donors (Lipinski definition) is 2. The Labute approximate surface area is 118 Å². The van der Waals surface area contributed by atoms with Crippen molar-refractivity contribution in [2.75, 3.05) is 5.75 Å². The number of nitrogens with one attached hydrogen (secondary N) is 1. The number of fused-ring (bicyclic) bond motifs is 1. The lowest BCUT2D eigenvalue weighted by Crippen LogP contribution is -2.50. The van der Waals surface area contributed by atoms with Crippen LogP contribution >= 0.6 is 11.8 Å². The number of hydrogen-bond acceptors (Lipinski definition) is 3. The summed E-state index contributed by atoms with van der Waals surface area (Å²) < 4.78 is 0. The Kier molecular flexibility index (Phi) is 3.80. The zero-order valence-corrected chi connectivity index (χ0v) is 11.8. The van der Waals surface area contributed by atoms with E-state index < -0.39 is 0 Å². The molecular formula is C15H20N2OS. The molecule has 1 aromatic carbocycles. The van der Waals surface area contributed by atoms with Crippen LogP contribution in [0.4, 0.5) is 0 Å². The fourth-order valence-electron chi connectivity index (χ4n) is 3.00. The molecule has 0 saturated heterocycles. The summed E-state index contributed by atoms with van der Waals surface area (Å²) in [6, 6.07) is 8.50. The number of rotatable bonds is 2. The first-order valence-electron chi connectivity index (χ1n) is 7.03. The van der Waals surface area contributed by atoms with Crippen LogP contribution in [0.5, 0.6) is 0 Å². The summed E-state index contributed by atoms with van der Waals surface area (Å²) in [5, 5.41) is 3.17. The highest BCUT2D eigenvalue weighted by atomic mass is 32.2. The molecular weight excluding hydrogens is 256 g/mol. The van der Waals surface area contributed by atoms with Crippen LogP contribution in [0, 0.1) is 0 Å². The van der Waals surface area contributed by atoms with Gasteiger partial charge in [0.15, 0.2) is 0 Å². The summed E-state index contributed by atoms with van der Waals surface area (Å²) in [6.07, 6.45) is 4.42. The SMILES string of the molecule is NC1CCCCC1NC(=O)C1CSc2ccccc21. The lowest BCUT2D eigenvalue weighted by atomic mass is 9.90. The molecule has 102 valence electrons. The normalized spacial score (nSPS) is 29.8. The van der Waals surface area contributed by atoms with Gasteiger partial charge in [0.25, 0.3) is 0 Å². The summed E-state index contributed by atoms with van der Waals surface area (Å²) in [6.45, 7) is 0. The van der Waals surface area contributed by atoms with Crippen molar-refractivity contribution in [3.05, 3.63) is 29.8 Å². The van der Waals surface area contributed by atoms with E-state index in [0.29, 0.717) is 0 Å². The summed E-state index contributed by atoms with van der Waals surface area (Å²) in [5.41, 5.74) is 7.28. The number of amides is 1. The third-order valence-electron chi connectivity index (χ3n) is 4.16. The molecule has 1 saturated carbocycles. The predicted octanol–water partition coefficient (Wildman–Crippen LogP) is 2.26. The molecule has 3 atom stereocenters. The fraction of sp³-hybridized carbons (Fsp3) is 0.533. The average molecular weight is 276 g/mol. The first kappa shape index (κ1) is 13.0. The van der Waals surface area contributed by atoms with Crippen LogP contribution in [-0.4, -0.2) is 23.7 Å². The molecule has 0 bridgehead atoms. The van der Waals surface area contributed by atoms with E-state index in [1.165, 1.54) is 23.3 Å². The van der Waals surface area contributed by atoms with E-state index in [4.69, 9.17) is 5.73 Å². The zero-order valence-electron chi connectivity index (χ0n) is 11.0. The molecule has 1 aliphatic carbocycles. The van der Waals surface area contributed by atoms with Gasteiger partial charge in [-0.3, -0.25) is 4.79 Å². The third-order valence-corrected chi connectivity index (χ3v) is 5.35. The van der Waals surface area contributed by atoms with E-state index in [9.17, 15) is 4.79 Å². The van der Waals surface area contributed by atoms with Gasteiger partial charge in [-0.15, -0.1) is 11.8 Å². The van der Waals surface area contributed by atoms with Crippen molar-refractivity contribution in [1.29, 1.82) is 0 Å². The molecule has 0 radical (unpaired) electrons. The highest BCUT2D eigenvalue weighted by molar-refractivity contribution is 7.99. The van der Waals surface area contributed by atoms with E-state index >= 15 is 0 Å². The van der Waals surface area contributed by atoms with Gasteiger partial charge < -0.3 is 11.1 Å². The van der Waals surface area contributed by atoms with Crippen molar-refractivity contribution in [3.8, 4) is 0 Å². The molecule has 3 nitrogen and oxygen atoms in total. The van der Waals surface area contributed by atoms with Gasteiger partial charge in [0.1, 0.15) is 0 Å². The molecule has 3 N–H and O–H groups in total. The van der Waals surface area contributed by atoms with Gasteiger partial charge in [-0.1, -0.05) is 31.0 Å². The molecule has 2 aliphatic rings. The Morgan fingerprint density at radius 3 is 2.89 bits per heavy atom. The van der Waals surface area contributed by atoms with Crippen molar-refractivity contribution in [2.45, 2.75) is 48.6 Å². The third kappa shape index (κ3) is 2.65. The second-order valence-electron chi connectivity index (χ2n) is 5.46. The van der Waals surface area contributed by atoms with Crippen LogP contribution < -0.4 is 11.1 Å². The lowest BCUT2D eigenvalue weighted by molar-refractivity contribution is -0.123. The molecule has 3 rings (SSSR count). The van der Waals surface area contributed by atoms with E-state index in [0.717, 1.165) is 18.6 Å². The van der Waals surface area contributed by atoms with Gasteiger partial charge in [-0.25, -0.2) is 0 Å². The smallest absolute Gasteiger partial charge is 0.228 e.